The van der Waals surface area contributed by atoms with E-state index in [4.69, 9.17) is 5.73 Å². The summed E-state index contributed by atoms with van der Waals surface area (Å²) in [7, 11) is 0. The Morgan fingerprint density at radius 1 is 1.16 bits per heavy atom. The second kappa shape index (κ2) is 5.45. The third-order valence-corrected chi connectivity index (χ3v) is 4.91. The van der Waals surface area contributed by atoms with E-state index in [1.54, 1.807) is 0 Å². The number of fused-ring (bicyclic) bond motifs is 1. The van der Waals surface area contributed by atoms with Crippen LogP contribution in [0.3, 0.4) is 0 Å². The lowest BCUT2D eigenvalue weighted by Gasteiger charge is -2.31. The summed E-state index contributed by atoms with van der Waals surface area (Å²) in [6, 6.07) is 13.6. The SMILES string of the molecule is CCC(N)C(c1cccs1)N1Cc2ccccc2C1. The van der Waals surface area contributed by atoms with Gasteiger partial charge >= 0.3 is 0 Å². The standard InChI is InChI=1S/C16H20N2S/c1-2-14(17)16(15-8-5-9-19-15)18-10-12-6-3-4-7-13(12)11-18/h3-9,14,16H,2,10-11,17H2,1H3. The molecule has 0 saturated carbocycles. The van der Waals surface area contributed by atoms with Crippen molar-refractivity contribution in [2.24, 2.45) is 5.73 Å². The van der Waals surface area contributed by atoms with Gasteiger partial charge in [-0.1, -0.05) is 37.3 Å². The molecule has 2 N–H and O–H groups in total. The van der Waals surface area contributed by atoms with Crippen molar-refractivity contribution in [2.75, 3.05) is 0 Å². The fourth-order valence-corrected chi connectivity index (χ4v) is 3.84. The molecule has 2 aromatic rings. The molecule has 0 bridgehead atoms. The molecule has 2 unspecified atom stereocenters. The van der Waals surface area contributed by atoms with Gasteiger partial charge in [-0.25, -0.2) is 0 Å². The Labute approximate surface area is 118 Å². The first-order valence-corrected chi connectivity index (χ1v) is 7.77. The van der Waals surface area contributed by atoms with E-state index < -0.39 is 0 Å². The second-order valence-corrected chi connectivity index (χ2v) is 6.19. The van der Waals surface area contributed by atoms with Crippen molar-refractivity contribution in [3.63, 3.8) is 0 Å². The first-order valence-electron chi connectivity index (χ1n) is 6.89. The maximum atomic E-state index is 6.39. The van der Waals surface area contributed by atoms with Gasteiger partial charge in [-0.05, 0) is 29.0 Å². The van der Waals surface area contributed by atoms with Crippen molar-refractivity contribution in [3.05, 3.63) is 57.8 Å². The van der Waals surface area contributed by atoms with Gasteiger partial charge in [0.25, 0.3) is 0 Å². The number of rotatable bonds is 4. The molecule has 2 nitrogen and oxygen atoms in total. The molecule has 100 valence electrons. The summed E-state index contributed by atoms with van der Waals surface area (Å²) in [5, 5.41) is 2.15. The Balaban J connectivity index is 1.87. The number of benzene rings is 1. The van der Waals surface area contributed by atoms with Gasteiger partial charge in [0.05, 0.1) is 6.04 Å². The lowest BCUT2D eigenvalue weighted by atomic mass is 10.0. The molecule has 0 saturated heterocycles. The zero-order valence-corrected chi connectivity index (χ0v) is 12.1. The number of thiophene rings is 1. The number of hydrogen-bond donors (Lipinski definition) is 1. The Hall–Kier alpha value is -1.16. The normalized spacial score (nSPS) is 18.2. The molecule has 1 aliphatic rings. The third kappa shape index (κ3) is 2.46. The zero-order chi connectivity index (χ0) is 13.2. The summed E-state index contributed by atoms with van der Waals surface area (Å²) in [5.74, 6) is 0. The van der Waals surface area contributed by atoms with Gasteiger partial charge < -0.3 is 5.73 Å². The lowest BCUT2D eigenvalue weighted by Crippen LogP contribution is -2.37. The van der Waals surface area contributed by atoms with E-state index in [-0.39, 0.29) is 6.04 Å². The molecular weight excluding hydrogens is 252 g/mol. The zero-order valence-electron chi connectivity index (χ0n) is 11.3. The first-order chi connectivity index (χ1) is 9.29. The molecule has 0 radical (unpaired) electrons. The Morgan fingerprint density at radius 3 is 2.37 bits per heavy atom. The lowest BCUT2D eigenvalue weighted by molar-refractivity contribution is 0.173. The first kappa shape index (κ1) is 12.9. The van der Waals surface area contributed by atoms with Crippen LogP contribution in [0.5, 0.6) is 0 Å². The minimum atomic E-state index is 0.202. The van der Waals surface area contributed by atoms with Gasteiger partial charge in [0.1, 0.15) is 0 Å². The van der Waals surface area contributed by atoms with E-state index in [0.717, 1.165) is 19.5 Å². The quantitative estimate of drug-likeness (QED) is 0.922. The van der Waals surface area contributed by atoms with Crippen LogP contribution in [0, 0.1) is 0 Å². The second-order valence-electron chi connectivity index (χ2n) is 5.21. The Morgan fingerprint density at radius 2 is 1.84 bits per heavy atom. The maximum absolute atomic E-state index is 6.39. The van der Waals surface area contributed by atoms with Crippen LogP contribution in [0.1, 0.15) is 35.4 Å². The van der Waals surface area contributed by atoms with Crippen molar-refractivity contribution in [1.29, 1.82) is 0 Å². The molecule has 0 spiro atoms. The molecule has 3 heteroatoms. The van der Waals surface area contributed by atoms with E-state index >= 15 is 0 Å². The fourth-order valence-electron chi connectivity index (χ4n) is 2.90. The van der Waals surface area contributed by atoms with Crippen LogP contribution >= 0.6 is 11.3 Å². The monoisotopic (exact) mass is 272 g/mol. The van der Waals surface area contributed by atoms with Crippen LogP contribution in [0.15, 0.2) is 41.8 Å². The van der Waals surface area contributed by atoms with Crippen LogP contribution in [0.4, 0.5) is 0 Å². The highest BCUT2D eigenvalue weighted by molar-refractivity contribution is 7.10. The number of nitrogens with two attached hydrogens (primary N) is 1. The number of nitrogens with zero attached hydrogens (tertiary/aromatic N) is 1. The molecular formula is C16H20N2S. The van der Waals surface area contributed by atoms with Crippen molar-refractivity contribution < 1.29 is 0 Å². The molecule has 1 aromatic carbocycles. The molecule has 1 aromatic heterocycles. The van der Waals surface area contributed by atoms with Crippen LogP contribution in [0.2, 0.25) is 0 Å². The van der Waals surface area contributed by atoms with E-state index in [0.29, 0.717) is 6.04 Å². The van der Waals surface area contributed by atoms with Crippen molar-refractivity contribution >= 4 is 11.3 Å². The van der Waals surface area contributed by atoms with Gasteiger partial charge in [-0.2, -0.15) is 0 Å². The highest BCUT2D eigenvalue weighted by Crippen LogP contribution is 2.35. The molecule has 3 rings (SSSR count). The number of hydrogen-bond acceptors (Lipinski definition) is 3. The van der Waals surface area contributed by atoms with Crippen molar-refractivity contribution in [3.8, 4) is 0 Å². The summed E-state index contributed by atoms with van der Waals surface area (Å²) in [5.41, 5.74) is 9.29. The van der Waals surface area contributed by atoms with Gasteiger partial charge in [0.2, 0.25) is 0 Å². The van der Waals surface area contributed by atoms with Gasteiger partial charge in [-0.15, -0.1) is 11.3 Å². The average molecular weight is 272 g/mol. The van der Waals surface area contributed by atoms with E-state index in [2.05, 4.69) is 53.6 Å². The maximum Gasteiger partial charge on any atom is 0.0599 e. The highest BCUT2D eigenvalue weighted by atomic mass is 32.1. The highest BCUT2D eigenvalue weighted by Gasteiger charge is 2.30. The molecule has 1 aliphatic heterocycles. The Kier molecular flexibility index (Phi) is 3.69. The molecule has 0 fully saturated rings. The van der Waals surface area contributed by atoms with Gasteiger partial charge in [0.15, 0.2) is 0 Å². The third-order valence-electron chi connectivity index (χ3n) is 3.97. The van der Waals surface area contributed by atoms with Gasteiger partial charge in [0, 0.05) is 24.0 Å². The average Bonchev–Trinajstić information content (AvgIpc) is 3.07. The molecule has 0 aliphatic carbocycles. The molecule has 2 heterocycles. The molecule has 2 atom stereocenters. The minimum absolute atomic E-state index is 0.202. The van der Waals surface area contributed by atoms with Crippen molar-refractivity contribution in [2.45, 2.75) is 38.5 Å². The van der Waals surface area contributed by atoms with Crippen LogP contribution < -0.4 is 5.73 Å². The van der Waals surface area contributed by atoms with E-state index in [1.807, 2.05) is 11.3 Å². The predicted octanol–water partition coefficient (Wildman–Crippen LogP) is 3.54. The van der Waals surface area contributed by atoms with Crippen molar-refractivity contribution in [1.82, 2.24) is 4.90 Å². The largest absolute Gasteiger partial charge is 0.326 e. The summed E-state index contributed by atoms with van der Waals surface area (Å²) in [4.78, 5) is 3.91. The summed E-state index contributed by atoms with van der Waals surface area (Å²) in [6.07, 6.45) is 1.01. The predicted molar refractivity (Wildman–Crippen MR) is 81.0 cm³/mol. The Bertz CT molecular complexity index is 510. The fraction of sp³-hybridized carbons (Fsp3) is 0.375. The molecule has 19 heavy (non-hydrogen) atoms. The summed E-state index contributed by atoms with van der Waals surface area (Å²) >= 11 is 1.82. The van der Waals surface area contributed by atoms with Crippen LogP contribution in [0.25, 0.3) is 0 Å². The molecule has 0 amide bonds. The van der Waals surface area contributed by atoms with Gasteiger partial charge in [-0.3, -0.25) is 4.90 Å². The van der Waals surface area contributed by atoms with Crippen LogP contribution in [-0.4, -0.2) is 10.9 Å². The topological polar surface area (TPSA) is 29.3 Å². The van der Waals surface area contributed by atoms with E-state index in [9.17, 15) is 0 Å². The minimum Gasteiger partial charge on any atom is -0.326 e. The smallest absolute Gasteiger partial charge is 0.0599 e. The summed E-state index contributed by atoms with van der Waals surface area (Å²) in [6.45, 7) is 4.22. The summed E-state index contributed by atoms with van der Waals surface area (Å²) < 4.78 is 0. The van der Waals surface area contributed by atoms with E-state index in [1.165, 1.54) is 16.0 Å². The van der Waals surface area contributed by atoms with Crippen LogP contribution in [-0.2, 0) is 13.1 Å².